The maximum atomic E-state index is 12.3. The predicted molar refractivity (Wildman–Crippen MR) is 122 cm³/mol. The number of carboxylic acids is 1. The molecule has 0 saturated heterocycles. The van der Waals surface area contributed by atoms with Gasteiger partial charge >= 0.3 is 5.97 Å². The molecule has 1 atom stereocenters. The van der Waals surface area contributed by atoms with Crippen LogP contribution in [0.15, 0.2) is 30.3 Å². The fraction of sp³-hybridized carbons (Fsp3) is 0.731. The van der Waals surface area contributed by atoms with Crippen molar-refractivity contribution < 1.29 is 14.6 Å². The van der Waals surface area contributed by atoms with Gasteiger partial charge in [0.25, 0.3) is 0 Å². The smallest absolute Gasteiger partial charge is 0.340 e. The van der Waals surface area contributed by atoms with Gasteiger partial charge in [-0.05, 0) is 24.8 Å². The topological polar surface area (TPSA) is 46.5 Å². The van der Waals surface area contributed by atoms with Crippen LogP contribution in [0.5, 0.6) is 0 Å². The Hall–Kier alpha value is -1.35. The van der Waals surface area contributed by atoms with Gasteiger partial charge in [-0.15, -0.1) is 0 Å². The average molecular weight is 405 g/mol. The summed E-state index contributed by atoms with van der Waals surface area (Å²) >= 11 is 0. The van der Waals surface area contributed by atoms with E-state index in [1.807, 2.05) is 30.3 Å². The van der Waals surface area contributed by atoms with E-state index in [0.29, 0.717) is 13.0 Å². The molecule has 0 radical (unpaired) electrons. The Morgan fingerprint density at radius 2 is 1.24 bits per heavy atom. The summed E-state index contributed by atoms with van der Waals surface area (Å²) in [6.07, 6.45) is 17.2. The third kappa shape index (κ3) is 10.3. The number of rotatable bonds is 19. The first kappa shape index (κ1) is 25.7. The second-order valence-corrected chi connectivity index (χ2v) is 8.34. The highest BCUT2D eigenvalue weighted by atomic mass is 16.5. The van der Waals surface area contributed by atoms with E-state index >= 15 is 0 Å². The van der Waals surface area contributed by atoms with Crippen molar-refractivity contribution >= 4 is 5.97 Å². The van der Waals surface area contributed by atoms with Gasteiger partial charge in [-0.3, -0.25) is 0 Å². The van der Waals surface area contributed by atoms with Crippen molar-refractivity contribution in [2.24, 2.45) is 0 Å². The van der Waals surface area contributed by atoms with E-state index in [2.05, 4.69) is 13.8 Å². The van der Waals surface area contributed by atoms with Crippen LogP contribution in [-0.2, 0) is 15.1 Å². The number of aliphatic carboxylic acids is 1. The van der Waals surface area contributed by atoms with Crippen molar-refractivity contribution in [2.75, 3.05) is 6.61 Å². The summed E-state index contributed by atoms with van der Waals surface area (Å²) in [6.45, 7) is 4.97. The molecule has 1 aromatic carbocycles. The Labute approximate surface area is 179 Å². The van der Waals surface area contributed by atoms with E-state index in [1.54, 1.807) is 0 Å². The molecule has 0 bridgehead atoms. The van der Waals surface area contributed by atoms with Crippen LogP contribution in [0.2, 0.25) is 0 Å². The molecule has 1 aromatic rings. The molecule has 0 aliphatic rings. The van der Waals surface area contributed by atoms with Gasteiger partial charge in [-0.25, -0.2) is 4.79 Å². The number of unbranched alkanes of at least 4 members (excludes halogenated alkanes) is 12. The van der Waals surface area contributed by atoms with E-state index in [1.165, 1.54) is 64.2 Å². The molecule has 29 heavy (non-hydrogen) atoms. The monoisotopic (exact) mass is 404 g/mol. The van der Waals surface area contributed by atoms with Crippen LogP contribution < -0.4 is 0 Å². The first-order chi connectivity index (χ1) is 14.2. The molecule has 1 rings (SSSR count). The minimum absolute atomic E-state index is 0.520. The van der Waals surface area contributed by atoms with Gasteiger partial charge in [0.2, 0.25) is 0 Å². The summed E-state index contributed by atoms with van der Waals surface area (Å²) in [6, 6.07) is 9.55. The van der Waals surface area contributed by atoms with Gasteiger partial charge in [0.15, 0.2) is 5.60 Å². The second kappa shape index (κ2) is 16.4. The van der Waals surface area contributed by atoms with Crippen molar-refractivity contribution in [1.29, 1.82) is 0 Å². The van der Waals surface area contributed by atoms with E-state index in [4.69, 9.17) is 4.74 Å². The van der Waals surface area contributed by atoms with Crippen molar-refractivity contribution in [2.45, 2.75) is 116 Å². The van der Waals surface area contributed by atoms with E-state index < -0.39 is 11.6 Å². The molecule has 0 fully saturated rings. The number of ether oxygens (including phenoxy) is 1. The van der Waals surface area contributed by atoms with Crippen molar-refractivity contribution in [1.82, 2.24) is 0 Å². The van der Waals surface area contributed by atoms with Crippen LogP contribution in [0.4, 0.5) is 0 Å². The number of hydrogen-bond acceptors (Lipinski definition) is 2. The predicted octanol–water partition coefficient (Wildman–Crippen LogP) is 7.87. The van der Waals surface area contributed by atoms with Crippen molar-refractivity contribution in [3.05, 3.63) is 35.9 Å². The van der Waals surface area contributed by atoms with Crippen molar-refractivity contribution in [3.8, 4) is 0 Å². The Balaban J connectivity index is 2.53. The van der Waals surface area contributed by atoms with Gasteiger partial charge < -0.3 is 9.84 Å². The first-order valence-electron chi connectivity index (χ1n) is 12.1. The van der Waals surface area contributed by atoms with Crippen LogP contribution in [0, 0.1) is 0 Å². The lowest BCUT2D eigenvalue weighted by molar-refractivity contribution is -0.169. The molecule has 1 N–H and O–H groups in total. The highest BCUT2D eigenvalue weighted by Crippen LogP contribution is 2.33. The standard InChI is InChI=1S/C26H44O3/c1-3-5-7-9-11-12-14-19-23-29-26(25(27)28,24-20-16-15-17-21-24)22-18-13-10-8-6-4-2/h15-17,20-21H,3-14,18-19,22-23H2,1-2H3,(H,27,28). The van der Waals surface area contributed by atoms with Gasteiger partial charge in [0.05, 0.1) is 0 Å². The lowest BCUT2D eigenvalue weighted by Gasteiger charge is -2.30. The molecule has 0 aliphatic heterocycles. The fourth-order valence-corrected chi connectivity index (χ4v) is 3.94. The maximum absolute atomic E-state index is 12.3. The van der Waals surface area contributed by atoms with E-state index in [9.17, 15) is 9.90 Å². The van der Waals surface area contributed by atoms with E-state index in [0.717, 1.165) is 31.2 Å². The van der Waals surface area contributed by atoms with Crippen LogP contribution in [0.1, 0.15) is 116 Å². The number of hydrogen-bond donors (Lipinski definition) is 1. The van der Waals surface area contributed by atoms with Crippen LogP contribution >= 0.6 is 0 Å². The molecule has 0 aliphatic carbocycles. The van der Waals surface area contributed by atoms with Crippen molar-refractivity contribution in [3.63, 3.8) is 0 Å². The lowest BCUT2D eigenvalue weighted by Crippen LogP contribution is -2.39. The minimum atomic E-state index is -1.20. The summed E-state index contributed by atoms with van der Waals surface area (Å²) < 4.78 is 6.15. The molecule has 0 saturated carbocycles. The zero-order valence-electron chi connectivity index (χ0n) is 19.0. The maximum Gasteiger partial charge on any atom is 0.340 e. The molecule has 3 nitrogen and oxygen atoms in total. The number of benzene rings is 1. The first-order valence-corrected chi connectivity index (χ1v) is 12.1. The summed E-state index contributed by atoms with van der Waals surface area (Å²) in [7, 11) is 0. The van der Waals surface area contributed by atoms with E-state index in [-0.39, 0.29) is 0 Å². The highest BCUT2D eigenvalue weighted by molar-refractivity contribution is 5.79. The number of carboxylic acid groups (broad SMARTS) is 1. The summed E-state index contributed by atoms with van der Waals surface area (Å²) in [5.41, 5.74) is -0.423. The Kier molecular flexibility index (Phi) is 14.6. The van der Waals surface area contributed by atoms with Crippen LogP contribution in [0.3, 0.4) is 0 Å². The highest BCUT2D eigenvalue weighted by Gasteiger charge is 2.40. The molecular weight excluding hydrogens is 360 g/mol. The Morgan fingerprint density at radius 3 is 1.76 bits per heavy atom. The lowest BCUT2D eigenvalue weighted by atomic mass is 9.87. The molecular formula is C26H44O3. The van der Waals surface area contributed by atoms with Gasteiger partial charge in [0, 0.05) is 6.61 Å². The van der Waals surface area contributed by atoms with Gasteiger partial charge in [-0.2, -0.15) is 0 Å². The Bertz CT molecular complexity index is 514. The molecule has 0 amide bonds. The van der Waals surface area contributed by atoms with Crippen LogP contribution in [-0.4, -0.2) is 17.7 Å². The largest absolute Gasteiger partial charge is 0.479 e. The molecule has 0 spiro atoms. The summed E-state index contributed by atoms with van der Waals surface area (Å²) in [5, 5.41) is 10.1. The average Bonchev–Trinajstić information content (AvgIpc) is 2.74. The molecule has 166 valence electrons. The minimum Gasteiger partial charge on any atom is -0.479 e. The molecule has 1 unspecified atom stereocenters. The SMILES string of the molecule is CCCCCCCCCCOC(CCCCCCCC)(C(=O)O)c1ccccc1. The number of carbonyl (C=O) groups is 1. The zero-order chi connectivity index (χ0) is 21.2. The second-order valence-electron chi connectivity index (χ2n) is 8.34. The normalized spacial score (nSPS) is 13.3. The van der Waals surface area contributed by atoms with Crippen LogP contribution in [0.25, 0.3) is 0 Å². The molecule has 0 aromatic heterocycles. The molecule has 0 heterocycles. The third-order valence-electron chi connectivity index (χ3n) is 5.81. The fourth-order valence-electron chi connectivity index (χ4n) is 3.94. The quantitative estimate of drug-likeness (QED) is 0.239. The van der Waals surface area contributed by atoms with Gasteiger partial charge in [-0.1, -0.05) is 121 Å². The van der Waals surface area contributed by atoms with Gasteiger partial charge in [0.1, 0.15) is 0 Å². The third-order valence-corrected chi connectivity index (χ3v) is 5.81. The Morgan fingerprint density at radius 1 is 0.759 bits per heavy atom. The summed E-state index contributed by atoms with van der Waals surface area (Å²) in [5.74, 6) is -0.850. The summed E-state index contributed by atoms with van der Waals surface area (Å²) in [4.78, 5) is 12.3. The zero-order valence-corrected chi connectivity index (χ0v) is 19.0. The molecule has 3 heteroatoms.